The van der Waals surface area contributed by atoms with E-state index in [4.69, 9.17) is 46.4 Å². The first-order valence-electron chi connectivity index (χ1n) is 6.15. The highest BCUT2D eigenvalue weighted by atomic mass is 35.5. The average molecular weight is 382 g/mol. The summed E-state index contributed by atoms with van der Waals surface area (Å²) in [7, 11) is 0.766. The second-order valence-electron chi connectivity index (χ2n) is 4.86. The Kier molecular flexibility index (Phi) is 5.06. The molecule has 1 aromatic rings. The van der Waals surface area contributed by atoms with E-state index in [0.717, 1.165) is 0 Å². The first-order chi connectivity index (χ1) is 9.75. The summed E-state index contributed by atoms with van der Waals surface area (Å²) < 4.78 is 1.89. The lowest BCUT2D eigenvalue weighted by molar-refractivity contribution is 0.104. The molecule has 112 valence electrons. The molecule has 0 saturated heterocycles. The molecule has 0 fully saturated rings. The van der Waals surface area contributed by atoms with Gasteiger partial charge in [0, 0.05) is 12.6 Å². The zero-order valence-electron chi connectivity index (χ0n) is 11.5. The smallest absolute Gasteiger partial charge is 0.188 e. The number of rotatable bonds is 2. The minimum atomic E-state index is -1.12. The molecule has 1 aliphatic rings. The highest BCUT2D eigenvalue weighted by Crippen LogP contribution is 2.43. The number of hydrazone groups is 1. The molecule has 1 aromatic carbocycles. The summed E-state index contributed by atoms with van der Waals surface area (Å²) in [6.07, 6.45) is 3.02. The third-order valence-corrected chi connectivity index (χ3v) is 6.59. The fourth-order valence-corrected chi connectivity index (χ4v) is 3.19. The Hall–Kier alpha value is -0.523. The van der Waals surface area contributed by atoms with Crippen molar-refractivity contribution < 1.29 is 4.79 Å². The summed E-state index contributed by atoms with van der Waals surface area (Å²) in [4.78, 5) is 12.1. The van der Waals surface area contributed by atoms with Crippen molar-refractivity contribution in [1.29, 1.82) is 0 Å². The zero-order valence-corrected chi connectivity index (χ0v) is 15.7. The van der Waals surface area contributed by atoms with Gasteiger partial charge in [0.05, 0.1) is 31.4 Å². The number of hydrogen-bond acceptors (Lipinski definition) is 3. The number of allylic oxidation sites excluding steroid dienone is 2. The molecule has 3 nitrogen and oxygen atoms in total. The Morgan fingerprint density at radius 1 is 0.952 bits per heavy atom. The molecule has 0 bridgehead atoms. The van der Waals surface area contributed by atoms with E-state index >= 15 is 0 Å². The van der Waals surface area contributed by atoms with Gasteiger partial charge in [-0.25, -0.2) is 0 Å². The van der Waals surface area contributed by atoms with Crippen molar-refractivity contribution in [2.75, 3.05) is 7.05 Å². The average Bonchev–Trinajstić information content (AvgIpc) is 2.44. The van der Waals surface area contributed by atoms with Gasteiger partial charge in [-0.05, 0) is 12.2 Å². The lowest BCUT2D eigenvalue weighted by Gasteiger charge is -2.22. The molecule has 0 spiro atoms. The van der Waals surface area contributed by atoms with Crippen LogP contribution < -0.4 is 0 Å². The maximum absolute atomic E-state index is 12.1. The van der Waals surface area contributed by atoms with Gasteiger partial charge < -0.3 is 4.67 Å². The first-order valence-corrected chi connectivity index (χ1v) is 10.5. The molecule has 8 heteroatoms. The van der Waals surface area contributed by atoms with Gasteiger partial charge in [0.15, 0.2) is 14.7 Å². The monoisotopic (exact) mass is 380 g/mol. The first kappa shape index (κ1) is 16.8. The molecule has 0 N–H and O–H groups in total. The van der Waals surface area contributed by atoms with E-state index in [1.54, 1.807) is 6.08 Å². The number of hydrogen-bond donors (Lipinski definition) is 0. The summed E-state index contributed by atoms with van der Waals surface area (Å²) in [5.41, 5.74) is 1.24. The summed E-state index contributed by atoms with van der Waals surface area (Å²) in [6, 6.07) is 0. The predicted molar refractivity (Wildman–Crippen MR) is 93.1 cm³/mol. The van der Waals surface area contributed by atoms with E-state index in [1.165, 1.54) is 6.08 Å². The summed E-state index contributed by atoms with van der Waals surface area (Å²) in [5, 5.41) is 5.01. The quantitative estimate of drug-likeness (QED) is 0.322. The summed E-state index contributed by atoms with van der Waals surface area (Å²) in [6.45, 7) is 4.26. The lowest BCUT2D eigenvalue weighted by atomic mass is 9.94. The van der Waals surface area contributed by atoms with Crippen molar-refractivity contribution in [2.45, 2.75) is 13.1 Å². The Balaban J connectivity index is 2.75. The molecule has 0 aliphatic heterocycles. The third-order valence-electron chi connectivity index (χ3n) is 3.18. The molecule has 0 radical (unpaired) electrons. The normalized spacial score (nSPS) is 15.8. The van der Waals surface area contributed by atoms with Crippen LogP contribution in [0.1, 0.15) is 15.9 Å². The maximum Gasteiger partial charge on any atom is 0.188 e. The highest BCUT2D eigenvalue weighted by molar-refractivity contribution is 6.55. The fraction of sp³-hybridized carbons (Fsp3) is 0.231. The second kappa shape index (κ2) is 6.30. The number of halogens is 4. The Morgan fingerprint density at radius 3 is 2.00 bits per heavy atom. The SMILES string of the molecule is CN(N=C1C=CC(=O)c2c(Cl)c(Cl)c(Cl)c(Cl)c21)[SiH](C)C. The van der Waals surface area contributed by atoms with Crippen LogP contribution in [0.2, 0.25) is 33.2 Å². The van der Waals surface area contributed by atoms with E-state index in [2.05, 4.69) is 18.2 Å². The van der Waals surface area contributed by atoms with Crippen molar-refractivity contribution >= 4 is 66.9 Å². The van der Waals surface area contributed by atoms with Gasteiger partial charge in [-0.3, -0.25) is 4.79 Å². The lowest BCUT2D eigenvalue weighted by Crippen LogP contribution is -2.27. The number of fused-ring (bicyclic) bond motifs is 1. The van der Waals surface area contributed by atoms with Gasteiger partial charge in [-0.1, -0.05) is 59.5 Å². The van der Waals surface area contributed by atoms with Gasteiger partial charge in [0.1, 0.15) is 0 Å². The molecular weight excluding hydrogens is 370 g/mol. The molecule has 2 rings (SSSR count). The van der Waals surface area contributed by atoms with Crippen LogP contribution in [0.15, 0.2) is 17.3 Å². The van der Waals surface area contributed by atoms with Crippen LogP contribution in [0.4, 0.5) is 0 Å². The number of ketones is 1. The Labute approximate surface area is 144 Å². The summed E-state index contributed by atoms with van der Waals surface area (Å²) >= 11 is 24.5. The summed E-state index contributed by atoms with van der Waals surface area (Å²) in [5.74, 6) is -0.265. The largest absolute Gasteiger partial charge is 0.331 e. The van der Waals surface area contributed by atoms with Crippen LogP contribution in [-0.2, 0) is 0 Å². The standard InChI is InChI=1S/C13H12Cl4N2OSi/c1-19(21(2)3)18-6-4-5-7(20)9-8(6)10(14)12(16)13(17)11(9)15/h4-5,21H,1-3H3. The van der Waals surface area contributed by atoms with E-state index < -0.39 is 8.96 Å². The van der Waals surface area contributed by atoms with E-state index in [9.17, 15) is 4.79 Å². The molecule has 0 amide bonds. The Morgan fingerprint density at radius 2 is 1.48 bits per heavy atom. The number of carbonyl (C=O) groups is 1. The van der Waals surface area contributed by atoms with Gasteiger partial charge >= 0.3 is 0 Å². The van der Waals surface area contributed by atoms with E-state index in [1.807, 2.05) is 11.7 Å². The highest BCUT2D eigenvalue weighted by Gasteiger charge is 2.28. The molecule has 21 heavy (non-hydrogen) atoms. The number of benzene rings is 1. The van der Waals surface area contributed by atoms with Crippen molar-refractivity contribution in [2.24, 2.45) is 5.10 Å². The topological polar surface area (TPSA) is 32.7 Å². The molecule has 0 aromatic heterocycles. The minimum Gasteiger partial charge on any atom is -0.331 e. The fourth-order valence-electron chi connectivity index (χ4n) is 1.79. The van der Waals surface area contributed by atoms with E-state index in [-0.39, 0.29) is 31.4 Å². The third kappa shape index (κ3) is 3.01. The van der Waals surface area contributed by atoms with Crippen molar-refractivity contribution in [3.63, 3.8) is 0 Å². The van der Waals surface area contributed by atoms with E-state index in [0.29, 0.717) is 11.3 Å². The van der Waals surface area contributed by atoms with Crippen LogP contribution in [0.25, 0.3) is 0 Å². The molecule has 0 unspecified atom stereocenters. The van der Waals surface area contributed by atoms with Crippen LogP contribution in [0.3, 0.4) is 0 Å². The number of nitrogens with zero attached hydrogens (tertiary/aromatic N) is 2. The molecule has 0 saturated carbocycles. The number of carbonyl (C=O) groups excluding carboxylic acids is 1. The van der Waals surface area contributed by atoms with Crippen LogP contribution in [-0.4, -0.2) is 32.2 Å². The molecule has 1 aliphatic carbocycles. The maximum atomic E-state index is 12.1. The second-order valence-corrected chi connectivity index (χ2v) is 9.30. The van der Waals surface area contributed by atoms with Gasteiger partial charge in [0.2, 0.25) is 0 Å². The van der Waals surface area contributed by atoms with Crippen LogP contribution in [0, 0.1) is 0 Å². The van der Waals surface area contributed by atoms with Crippen molar-refractivity contribution in [3.05, 3.63) is 43.4 Å². The molecule has 0 atom stereocenters. The van der Waals surface area contributed by atoms with Gasteiger partial charge in [-0.15, -0.1) is 0 Å². The van der Waals surface area contributed by atoms with Crippen LogP contribution in [0.5, 0.6) is 0 Å². The molecular formula is C13H12Cl4N2OSi. The van der Waals surface area contributed by atoms with Gasteiger partial charge in [-0.2, -0.15) is 5.10 Å². The van der Waals surface area contributed by atoms with Crippen molar-refractivity contribution in [3.8, 4) is 0 Å². The van der Waals surface area contributed by atoms with Crippen LogP contribution >= 0.6 is 46.4 Å². The van der Waals surface area contributed by atoms with Crippen molar-refractivity contribution in [1.82, 2.24) is 4.67 Å². The Bertz CT molecular complexity index is 685. The van der Waals surface area contributed by atoms with Gasteiger partial charge in [0.25, 0.3) is 0 Å². The molecule has 0 heterocycles. The predicted octanol–water partition coefficient (Wildman–Crippen LogP) is 4.67. The minimum absolute atomic E-state index is 0.0803. The zero-order chi connectivity index (χ0) is 15.9.